The Labute approximate surface area is 154 Å². The van der Waals surface area contributed by atoms with Gasteiger partial charge in [0.1, 0.15) is 17.1 Å². The second-order valence-corrected chi connectivity index (χ2v) is 6.30. The van der Waals surface area contributed by atoms with Crippen LogP contribution in [0.2, 0.25) is 0 Å². The maximum Gasteiger partial charge on any atom is 0.258 e. The average molecular weight is 409 g/mol. The first-order valence-corrected chi connectivity index (χ1v) is 8.71. The molecular formula is C18H21BrN2O4. The van der Waals surface area contributed by atoms with Crippen LogP contribution in [0.15, 0.2) is 45.8 Å². The summed E-state index contributed by atoms with van der Waals surface area (Å²) >= 11 is 3.35. The molecule has 0 fully saturated rings. The molecule has 0 saturated carbocycles. The molecule has 134 valence electrons. The van der Waals surface area contributed by atoms with Crippen LogP contribution in [0.3, 0.4) is 0 Å². The van der Waals surface area contributed by atoms with Gasteiger partial charge in [0.2, 0.25) is 0 Å². The number of hydrogen-bond donors (Lipinski definition) is 1. The van der Waals surface area contributed by atoms with Gasteiger partial charge in [-0.3, -0.25) is 9.59 Å². The summed E-state index contributed by atoms with van der Waals surface area (Å²) in [4.78, 5) is 24.1. The summed E-state index contributed by atoms with van der Waals surface area (Å²) in [7, 11) is 3.03. The lowest BCUT2D eigenvalue weighted by molar-refractivity contribution is 0.0946. The Morgan fingerprint density at radius 2 is 1.80 bits per heavy atom. The first kappa shape index (κ1) is 19.1. The maximum absolute atomic E-state index is 12.4. The summed E-state index contributed by atoms with van der Waals surface area (Å²) in [5.41, 5.74) is 0.349. The summed E-state index contributed by atoms with van der Waals surface area (Å²) in [6, 6.07) is 8.46. The highest BCUT2D eigenvalue weighted by molar-refractivity contribution is 9.10. The SMILES string of the molecule is COc1cccc(OC)c1C(=O)NCCCCn1cc(Br)ccc1=O. The number of nitrogens with one attached hydrogen (secondary N) is 1. The van der Waals surface area contributed by atoms with Crippen LogP contribution < -0.4 is 20.3 Å². The van der Waals surface area contributed by atoms with E-state index in [-0.39, 0.29) is 11.5 Å². The minimum absolute atomic E-state index is 0.0361. The number of amides is 1. The zero-order chi connectivity index (χ0) is 18.2. The van der Waals surface area contributed by atoms with Crippen LogP contribution in [0.4, 0.5) is 0 Å². The molecule has 1 N–H and O–H groups in total. The molecule has 0 radical (unpaired) electrons. The molecule has 1 aromatic heterocycles. The van der Waals surface area contributed by atoms with E-state index in [1.807, 2.05) is 0 Å². The fourth-order valence-corrected chi connectivity index (χ4v) is 2.83. The predicted molar refractivity (Wildman–Crippen MR) is 99.5 cm³/mol. The molecule has 0 aliphatic rings. The van der Waals surface area contributed by atoms with Gasteiger partial charge in [-0.1, -0.05) is 6.07 Å². The standard InChI is InChI=1S/C18H21BrN2O4/c1-24-14-6-5-7-15(25-2)17(14)18(23)20-10-3-4-11-21-12-13(19)8-9-16(21)22/h5-9,12H,3-4,10-11H2,1-2H3,(H,20,23). The van der Waals surface area contributed by atoms with Gasteiger partial charge in [-0.15, -0.1) is 0 Å². The molecule has 0 saturated heterocycles. The van der Waals surface area contributed by atoms with Gasteiger partial charge in [-0.2, -0.15) is 0 Å². The second-order valence-electron chi connectivity index (χ2n) is 5.38. The Kier molecular flexibility index (Phi) is 7.06. The molecule has 0 spiro atoms. The van der Waals surface area contributed by atoms with Crippen molar-refractivity contribution in [3.63, 3.8) is 0 Å². The summed E-state index contributed by atoms with van der Waals surface area (Å²) < 4.78 is 13.0. The molecular weight excluding hydrogens is 388 g/mol. The minimum atomic E-state index is -0.242. The second kappa shape index (κ2) is 9.27. The quantitative estimate of drug-likeness (QED) is 0.681. The monoisotopic (exact) mass is 408 g/mol. The summed E-state index contributed by atoms with van der Waals surface area (Å²) in [6.45, 7) is 1.11. The van der Waals surface area contributed by atoms with Crippen LogP contribution >= 0.6 is 15.9 Å². The minimum Gasteiger partial charge on any atom is -0.496 e. The molecule has 0 aliphatic heterocycles. The first-order chi connectivity index (χ1) is 12.1. The first-order valence-electron chi connectivity index (χ1n) is 7.92. The number of nitrogens with zero attached hydrogens (tertiary/aromatic N) is 1. The van der Waals surface area contributed by atoms with E-state index in [1.54, 1.807) is 35.0 Å². The molecule has 0 unspecified atom stereocenters. The van der Waals surface area contributed by atoms with Gasteiger partial charge in [-0.05, 0) is 47.0 Å². The zero-order valence-corrected chi connectivity index (χ0v) is 15.8. The molecule has 1 amide bonds. The van der Waals surface area contributed by atoms with E-state index in [4.69, 9.17) is 9.47 Å². The topological polar surface area (TPSA) is 69.6 Å². The van der Waals surface area contributed by atoms with Crippen molar-refractivity contribution in [3.05, 3.63) is 56.9 Å². The van der Waals surface area contributed by atoms with E-state index in [2.05, 4.69) is 21.2 Å². The van der Waals surface area contributed by atoms with E-state index in [9.17, 15) is 9.59 Å². The van der Waals surface area contributed by atoms with Crippen molar-refractivity contribution in [1.82, 2.24) is 9.88 Å². The molecule has 7 heteroatoms. The summed E-state index contributed by atoms with van der Waals surface area (Å²) in [5, 5.41) is 2.87. The van der Waals surface area contributed by atoms with Gasteiger partial charge in [0.15, 0.2) is 0 Å². The van der Waals surface area contributed by atoms with E-state index in [0.29, 0.717) is 30.2 Å². The number of unbranched alkanes of at least 4 members (excludes halogenated alkanes) is 1. The lowest BCUT2D eigenvalue weighted by Gasteiger charge is -2.13. The number of rotatable bonds is 8. The molecule has 6 nitrogen and oxygen atoms in total. The Morgan fingerprint density at radius 1 is 1.12 bits per heavy atom. The van der Waals surface area contributed by atoms with Gasteiger partial charge in [0.25, 0.3) is 11.5 Å². The lowest BCUT2D eigenvalue weighted by atomic mass is 10.1. The third-order valence-electron chi connectivity index (χ3n) is 3.71. The van der Waals surface area contributed by atoms with Crippen LogP contribution in [0.25, 0.3) is 0 Å². The van der Waals surface area contributed by atoms with Crippen molar-refractivity contribution >= 4 is 21.8 Å². The van der Waals surface area contributed by atoms with Crippen molar-refractivity contribution in [1.29, 1.82) is 0 Å². The van der Waals surface area contributed by atoms with E-state index in [1.165, 1.54) is 20.3 Å². The van der Waals surface area contributed by atoms with Crippen LogP contribution in [0, 0.1) is 0 Å². The number of carbonyl (C=O) groups is 1. The number of ether oxygens (including phenoxy) is 2. The third-order valence-corrected chi connectivity index (χ3v) is 4.18. The number of aryl methyl sites for hydroxylation is 1. The van der Waals surface area contributed by atoms with Crippen LogP contribution in [0.1, 0.15) is 23.2 Å². The molecule has 0 bridgehead atoms. The molecule has 1 heterocycles. The van der Waals surface area contributed by atoms with Gasteiger partial charge in [-0.25, -0.2) is 0 Å². The normalized spacial score (nSPS) is 10.4. The number of pyridine rings is 1. The lowest BCUT2D eigenvalue weighted by Crippen LogP contribution is -2.26. The molecule has 2 rings (SSSR count). The molecule has 0 aliphatic carbocycles. The van der Waals surface area contributed by atoms with Crippen LogP contribution in [-0.2, 0) is 6.54 Å². The van der Waals surface area contributed by atoms with Gasteiger partial charge in [0.05, 0.1) is 14.2 Å². The molecule has 2 aromatic rings. The average Bonchev–Trinajstić information content (AvgIpc) is 2.63. The van der Waals surface area contributed by atoms with Crippen molar-refractivity contribution in [2.45, 2.75) is 19.4 Å². The van der Waals surface area contributed by atoms with Crippen molar-refractivity contribution in [3.8, 4) is 11.5 Å². The van der Waals surface area contributed by atoms with Crippen molar-refractivity contribution in [2.24, 2.45) is 0 Å². The maximum atomic E-state index is 12.4. The number of halogens is 1. The fourth-order valence-electron chi connectivity index (χ4n) is 2.45. The Balaban J connectivity index is 1.87. The summed E-state index contributed by atoms with van der Waals surface area (Å²) in [6.07, 6.45) is 3.29. The number of benzene rings is 1. The molecule has 25 heavy (non-hydrogen) atoms. The predicted octanol–water partition coefficient (Wildman–Crippen LogP) is 2.84. The Hall–Kier alpha value is -2.28. The van der Waals surface area contributed by atoms with Crippen LogP contribution in [-0.4, -0.2) is 31.2 Å². The third kappa shape index (κ3) is 5.09. The number of hydrogen-bond acceptors (Lipinski definition) is 4. The Bertz CT molecular complexity index is 767. The van der Waals surface area contributed by atoms with Crippen LogP contribution in [0.5, 0.6) is 11.5 Å². The number of aromatic nitrogens is 1. The largest absolute Gasteiger partial charge is 0.496 e. The van der Waals surface area contributed by atoms with Gasteiger partial charge in [0, 0.05) is 29.8 Å². The highest BCUT2D eigenvalue weighted by Gasteiger charge is 2.17. The van der Waals surface area contributed by atoms with Crippen molar-refractivity contribution in [2.75, 3.05) is 20.8 Å². The highest BCUT2D eigenvalue weighted by atomic mass is 79.9. The number of methoxy groups -OCH3 is 2. The highest BCUT2D eigenvalue weighted by Crippen LogP contribution is 2.27. The summed E-state index contributed by atoms with van der Waals surface area (Å²) in [5.74, 6) is 0.698. The van der Waals surface area contributed by atoms with E-state index in [0.717, 1.165) is 17.3 Å². The van der Waals surface area contributed by atoms with Gasteiger partial charge >= 0.3 is 0 Å². The molecule has 1 aromatic carbocycles. The number of carbonyl (C=O) groups excluding carboxylic acids is 1. The molecule has 0 atom stereocenters. The fraction of sp³-hybridized carbons (Fsp3) is 0.333. The van der Waals surface area contributed by atoms with Gasteiger partial charge < -0.3 is 19.4 Å². The van der Waals surface area contributed by atoms with Crippen molar-refractivity contribution < 1.29 is 14.3 Å². The van der Waals surface area contributed by atoms with E-state index < -0.39 is 0 Å². The Morgan fingerprint density at radius 3 is 2.44 bits per heavy atom. The smallest absolute Gasteiger partial charge is 0.258 e. The van der Waals surface area contributed by atoms with E-state index >= 15 is 0 Å². The zero-order valence-electron chi connectivity index (χ0n) is 14.3.